The van der Waals surface area contributed by atoms with Gasteiger partial charge in [-0.2, -0.15) is 0 Å². The van der Waals surface area contributed by atoms with E-state index in [-0.39, 0.29) is 24.1 Å². The van der Waals surface area contributed by atoms with Crippen LogP contribution in [0.25, 0.3) is 0 Å². The van der Waals surface area contributed by atoms with Crippen molar-refractivity contribution in [3.63, 3.8) is 0 Å². The molecule has 1 aromatic rings. The number of likely N-dealkylation sites (N-methyl/N-ethyl adjacent to an activating group) is 1. The van der Waals surface area contributed by atoms with Gasteiger partial charge in [-0.3, -0.25) is 4.90 Å². The Morgan fingerprint density at radius 1 is 1.31 bits per heavy atom. The van der Waals surface area contributed by atoms with Gasteiger partial charge in [0.1, 0.15) is 6.54 Å². The van der Waals surface area contributed by atoms with Gasteiger partial charge in [-0.25, -0.2) is 9.59 Å². The zero-order valence-electron chi connectivity index (χ0n) is 17.3. The van der Waals surface area contributed by atoms with Crippen molar-refractivity contribution in [2.24, 2.45) is 0 Å². The molecule has 2 aliphatic heterocycles. The Hall–Kier alpha value is -2.74. The third kappa shape index (κ3) is 4.48. The number of likely N-dealkylation sites (tertiary alicyclic amines) is 1. The molecule has 8 nitrogen and oxygen atoms in total. The average Bonchev–Trinajstić information content (AvgIpc) is 2.72. The summed E-state index contributed by atoms with van der Waals surface area (Å²) in [6.45, 7) is 4.64. The van der Waals surface area contributed by atoms with Crippen molar-refractivity contribution in [2.45, 2.75) is 32.2 Å². The Morgan fingerprint density at radius 3 is 2.69 bits per heavy atom. The van der Waals surface area contributed by atoms with E-state index in [0.29, 0.717) is 23.4 Å². The molecule has 1 fully saturated rings. The van der Waals surface area contributed by atoms with E-state index in [1.54, 1.807) is 26.1 Å². The largest absolute Gasteiger partial charge is 0.504 e. The number of esters is 1. The summed E-state index contributed by atoms with van der Waals surface area (Å²) >= 11 is 0. The molecule has 0 radical (unpaired) electrons. The fraction of sp³-hybridized carbons (Fsp3) is 0.524. The average molecular weight is 404 g/mol. The molecule has 3 N–H and O–H groups in total. The van der Waals surface area contributed by atoms with Crippen LogP contribution in [-0.4, -0.2) is 62.4 Å². The van der Waals surface area contributed by atoms with Gasteiger partial charge in [0, 0.05) is 7.05 Å². The summed E-state index contributed by atoms with van der Waals surface area (Å²) in [7, 11) is 3.14. The maximum absolute atomic E-state index is 13.0. The van der Waals surface area contributed by atoms with Crippen LogP contribution >= 0.6 is 0 Å². The first-order chi connectivity index (χ1) is 14.0. The summed E-state index contributed by atoms with van der Waals surface area (Å²) in [6, 6.07) is 3.86. The van der Waals surface area contributed by atoms with Gasteiger partial charge in [0.15, 0.2) is 11.5 Å². The lowest BCUT2D eigenvalue weighted by molar-refractivity contribution is -0.900. The Labute approximate surface area is 171 Å². The lowest BCUT2D eigenvalue weighted by atomic mass is 9.93. The first-order valence-electron chi connectivity index (χ1n) is 10.1. The number of rotatable bonds is 6. The van der Waals surface area contributed by atoms with Gasteiger partial charge in [-0.15, -0.1) is 0 Å². The minimum absolute atomic E-state index is 0.00449. The second-order valence-corrected chi connectivity index (χ2v) is 7.44. The number of hydrogen-bond donors (Lipinski definition) is 3. The van der Waals surface area contributed by atoms with Crippen LogP contribution in [-0.2, 0) is 9.53 Å². The summed E-state index contributed by atoms with van der Waals surface area (Å²) in [4.78, 5) is 28.5. The highest BCUT2D eigenvalue weighted by Gasteiger charge is 2.38. The third-order valence-electron chi connectivity index (χ3n) is 5.59. The molecule has 0 aromatic heterocycles. The van der Waals surface area contributed by atoms with E-state index in [1.165, 1.54) is 29.4 Å². The van der Waals surface area contributed by atoms with Crippen molar-refractivity contribution in [3.05, 3.63) is 35.0 Å². The molecule has 0 saturated carbocycles. The number of carbonyl (C=O) groups excluding carboxylic acids is 2. The summed E-state index contributed by atoms with van der Waals surface area (Å²) in [6.07, 6.45) is 3.51. The maximum Gasteiger partial charge on any atom is 0.338 e. The number of nitrogens with one attached hydrogen (secondary N) is 2. The molecule has 29 heavy (non-hydrogen) atoms. The van der Waals surface area contributed by atoms with Crippen molar-refractivity contribution < 1.29 is 29.1 Å². The number of nitrogens with zero attached hydrogens (tertiary/aromatic N) is 1. The van der Waals surface area contributed by atoms with Crippen LogP contribution in [0.3, 0.4) is 0 Å². The van der Waals surface area contributed by atoms with Crippen LogP contribution in [0.5, 0.6) is 11.5 Å². The topological polar surface area (TPSA) is 92.5 Å². The van der Waals surface area contributed by atoms with Crippen molar-refractivity contribution in [3.8, 4) is 11.5 Å². The number of ether oxygens (including phenoxy) is 2. The highest BCUT2D eigenvalue weighted by molar-refractivity contribution is 5.95. The summed E-state index contributed by atoms with van der Waals surface area (Å²) in [5.74, 6) is -0.167. The fourth-order valence-electron chi connectivity index (χ4n) is 4.01. The van der Waals surface area contributed by atoms with E-state index in [2.05, 4.69) is 5.32 Å². The molecule has 2 aliphatic rings. The Balaban J connectivity index is 2.07. The number of phenols is 1. The summed E-state index contributed by atoms with van der Waals surface area (Å²) < 4.78 is 10.6. The lowest BCUT2D eigenvalue weighted by Crippen LogP contribution is -3.13. The molecule has 3 rings (SSSR count). The predicted octanol–water partition coefficient (Wildman–Crippen LogP) is 0.983. The number of quaternary nitrogens is 1. The highest BCUT2D eigenvalue weighted by atomic mass is 16.5. The van der Waals surface area contributed by atoms with Gasteiger partial charge in [0.05, 0.1) is 44.1 Å². The summed E-state index contributed by atoms with van der Waals surface area (Å²) in [5.41, 5.74) is 1.76. The molecule has 0 spiro atoms. The van der Waals surface area contributed by atoms with Crippen LogP contribution in [0, 0.1) is 0 Å². The van der Waals surface area contributed by atoms with Crippen LogP contribution in [0.1, 0.15) is 37.8 Å². The number of phenolic OH excluding ortho intramolecular Hbond substituents is 1. The zero-order valence-corrected chi connectivity index (χ0v) is 17.3. The normalized spacial score (nSPS) is 20.4. The Morgan fingerprint density at radius 2 is 2.03 bits per heavy atom. The molecule has 0 aliphatic carbocycles. The molecule has 0 bridgehead atoms. The first-order valence-corrected chi connectivity index (χ1v) is 10.1. The molecule has 2 amide bonds. The van der Waals surface area contributed by atoms with Crippen molar-refractivity contribution in [1.82, 2.24) is 10.2 Å². The van der Waals surface area contributed by atoms with Gasteiger partial charge >= 0.3 is 12.0 Å². The van der Waals surface area contributed by atoms with Crippen LogP contribution in [0.2, 0.25) is 0 Å². The fourth-order valence-corrected chi connectivity index (χ4v) is 4.01. The quantitative estimate of drug-likeness (QED) is 0.615. The van der Waals surface area contributed by atoms with E-state index < -0.39 is 12.0 Å². The Kier molecular flexibility index (Phi) is 6.64. The van der Waals surface area contributed by atoms with E-state index in [0.717, 1.165) is 25.9 Å². The van der Waals surface area contributed by atoms with Crippen molar-refractivity contribution in [1.29, 1.82) is 0 Å². The maximum atomic E-state index is 13.0. The van der Waals surface area contributed by atoms with Crippen LogP contribution in [0.15, 0.2) is 29.5 Å². The van der Waals surface area contributed by atoms with Crippen molar-refractivity contribution in [2.75, 3.05) is 40.4 Å². The van der Waals surface area contributed by atoms with Gasteiger partial charge in [-0.1, -0.05) is 6.07 Å². The highest BCUT2D eigenvalue weighted by Crippen LogP contribution is 2.35. The van der Waals surface area contributed by atoms with Gasteiger partial charge in [-0.05, 0) is 43.9 Å². The van der Waals surface area contributed by atoms with Gasteiger partial charge < -0.3 is 24.8 Å². The molecular weight excluding hydrogens is 374 g/mol. The number of carbonyl (C=O) groups is 2. The van der Waals surface area contributed by atoms with E-state index in [1.807, 2.05) is 0 Å². The number of benzene rings is 1. The SMILES string of the molecule is CCOC(=O)C1=C(C[NH+]2CCCCC2)N(C)C(=O)N[C@@H]1c1ccc(O)c(OC)c1. The molecule has 1 atom stereocenters. The van der Waals surface area contributed by atoms with E-state index >= 15 is 0 Å². The lowest BCUT2D eigenvalue weighted by Gasteiger charge is -2.36. The Bertz CT molecular complexity index is 802. The molecule has 2 heterocycles. The van der Waals surface area contributed by atoms with Gasteiger partial charge in [0.25, 0.3) is 0 Å². The minimum Gasteiger partial charge on any atom is -0.504 e. The molecule has 1 aromatic carbocycles. The second-order valence-electron chi connectivity index (χ2n) is 7.44. The van der Waals surface area contributed by atoms with Gasteiger partial charge in [0.2, 0.25) is 0 Å². The number of aromatic hydroxyl groups is 1. The number of piperidine rings is 1. The summed E-state index contributed by atoms with van der Waals surface area (Å²) in [5, 5.41) is 12.8. The smallest absolute Gasteiger partial charge is 0.338 e. The monoisotopic (exact) mass is 404 g/mol. The molecule has 0 unspecified atom stereocenters. The third-order valence-corrected chi connectivity index (χ3v) is 5.59. The number of urea groups is 1. The van der Waals surface area contributed by atoms with Crippen LogP contribution in [0.4, 0.5) is 4.79 Å². The van der Waals surface area contributed by atoms with Crippen molar-refractivity contribution >= 4 is 12.0 Å². The zero-order chi connectivity index (χ0) is 21.0. The second kappa shape index (κ2) is 9.17. The minimum atomic E-state index is -0.675. The molecular formula is C21H30N3O5+. The van der Waals surface area contributed by atoms with E-state index in [4.69, 9.17) is 9.47 Å². The number of methoxy groups -OCH3 is 1. The number of amides is 2. The standard InChI is InChI=1S/C21H29N3O5/c1-4-29-20(26)18-15(13-24-10-6-5-7-11-24)23(2)21(27)22-19(18)14-8-9-16(25)17(12-14)28-3/h8-9,12,19,25H,4-7,10-11,13H2,1-3H3,(H,22,27)/p+1/t19-/m1/s1. The molecule has 8 heteroatoms. The van der Waals surface area contributed by atoms with E-state index in [9.17, 15) is 14.7 Å². The number of hydrogen-bond acceptors (Lipinski definition) is 5. The first kappa shape index (κ1) is 21.0. The molecule has 1 saturated heterocycles. The molecule has 158 valence electrons. The van der Waals surface area contributed by atoms with Crippen LogP contribution < -0.4 is 15.0 Å². The predicted molar refractivity (Wildman–Crippen MR) is 107 cm³/mol.